The van der Waals surface area contributed by atoms with Gasteiger partial charge in [-0.2, -0.15) is 4.99 Å². The second kappa shape index (κ2) is 7.17. The summed E-state index contributed by atoms with van der Waals surface area (Å²) in [7, 11) is 1.35. The number of hydrogen-bond donors (Lipinski definition) is 0. The highest BCUT2D eigenvalue weighted by atomic mass is 32.1. The van der Waals surface area contributed by atoms with Gasteiger partial charge in [0, 0.05) is 13.0 Å². The first-order valence-electron chi connectivity index (χ1n) is 7.00. The average molecular weight is 318 g/mol. The monoisotopic (exact) mass is 318 g/mol. The van der Waals surface area contributed by atoms with Crippen LogP contribution in [0.25, 0.3) is 10.2 Å². The lowest BCUT2D eigenvalue weighted by atomic mass is 10.2. The molecule has 0 aliphatic rings. The van der Waals surface area contributed by atoms with Crippen molar-refractivity contribution in [2.45, 2.75) is 26.3 Å². The first-order valence-corrected chi connectivity index (χ1v) is 7.82. The van der Waals surface area contributed by atoms with Crippen molar-refractivity contribution in [1.82, 2.24) is 4.57 Å². The van der Waals surface area contributed by atoms with E-state index in [9.17, 15) is 9.59 Å². The molecule has 1 heterocycles. The van der Waals surface area contributed by atoms with Gasteiger partial charge in [-0.05, 0) is 24.6 Å². The number of hydrogen-bond acceptors (Lipinski definition) is 4. The van der Waals surface area contributed by atoms with Gasteiger partial charge in [0.2, 0.25) is 5.91 Å². The first-order chi connectivity index (χ1) is 10.6. The third kappa shape index (κ3) is 3.33. The van der Waals surface area contributed by atoms with Crippen molar-refractivity contribution in [2.75, 3.05) is 7.11 Å². The standard InChI is InChI=1S/C16H18N2O3S/c1-4-6-14(19)17-16-18(9-5-2)12-8-7-11(15(20)21-3)10-13(12)22-16/h5,7-8,10H,2,4,6,9H2,1,3H3. The van der Waals surface area contributed by atoms with E-state index in [1.165, 1.54) is 18.4 Å². The number of methoxy groups -OCH3 is 1. The van der Waals surface area contributed by atoms with Crippen molar-refractivity contribution in [3.8, 4) is 0 Å². The van der Waals surface area contributed by atoms with E-state index in [1.807, 2.05) is 17.6 Å². The zero-order valence-corrected chi connectivity index (χ0v) is 13.5. The highest BCUT2D eigenvalue weighted by Crippen LogP contribution is 2.20. The molecule has 0 spiro atoms. The minimum Gasteiger partial charge on any atom is -0.465 e. The predicted octanol–water partition coefficient (Wildman–Crippen LogP) is 2.90. The Kier molecular flexibility index (Phi) is 5.27. The molecule has 22 heavy (non-hydrogen) atoms. The lowest BCUT2D eigenvalue weighted by Crippen LogP contribution is -2.16. The highest BCUT2D eigenvalue weighted by molar-refractivity contribution is 7.16. The van der Waals surface area contributed by atoms with Crippen LogP contribution in [0.4, 0.5) is 0 Å². The summed E-state index contributed by atoms with van der Waals surface area (Å²) in [6.45, 7) is 6.24. The maximum absolute atomic E-state index is 11.8. The maximum atomic E-state index is 11.8. The van der Waals surface area contributed by atoms with Crippen LogP contribution in [0.5, 0.6) is 0 Å². The molecule has 116 valence electrons. The van der Waals surface area contributed by atoms with Gasteiger partial charge < -0.3 is 9.30 Å². The van der Waals surface area contributed by atoms with Crippen LogP contribution in [0.2, 0.25) is 0 Å². The number of aromatic nitrogens is 1. The third-order valence-corrected chi connectivity index (χ3v) is 4.14. The molecule has 0 aliphatic heterocycles. The minimum absolute atomic E-state index is 0.139. The fourth-order valence-corrected chi connectivity index (χ4v) is 3.18. The smallest absolute Gasteiger partial charge is 0.337 e. The number of amides is 1. The molecule has 0 aliphatic carbocycles. The number of nitrogens with zero attached hydrogens (tertiary/aromatic N) is 2. The van der Waals surface area contributed by atoms with E-state index in [0.29, 0.717) is 23.3 Å². The summed E-state index contributed by atoms with van der Waals surface area (Å²) in [6, 6.07) is 5.30. The summed E-state index contributed by atoms with van der Waals surface area (Å²) < 4.78 is 7.53. The zero-order valence-electron chi connectivity index (χ0n) is 12.7. The van der Waals surface area contributed by atoms with Crippen LogP contribution in [0, 0.1) is 0 Å². The van der Waals surface area contributed by atoms with Crippen LogP contribution in [0.1, 0.15) is 30.1 Å². The van der Waals surface area contributed by atoms with E-state index >= 15 is 0 Å². The van der Waals surface area contributed by atoms with Gasteiger partial charge >= 0.3 is 5.97 Å². The molecule has 6 heteroatoms. The van der Waals surface area contributed by atoms with Crippen molar-refractivity contribution in [3.63, 3.8) is 0 Å². The largest absolute Gasteiger partial charge is 0.465 e. The third-order valence-electron chi connectivity index (χ3n) is 3.10. The Bertz CT molecular complexity index is 786. The van der Waals surface area contributed by atoms with Crippen LogP contribution in [0.15, 0.2) is 35.8 Å². The zero-order chi connectivity index (χ0) is 16.1. The Hall–Kier alpha value is -2.21. The minimum atomic E-state index is -0.383. The van der Waals surface area contributed by atoms with E-state index in [4.69, 9.17) is 4.74 Å². The summed E-state index contributed by atoms with van der Waals surface area (Å²) in [5, 5.41) is 0. The molecule has 1 aromatic heterocycles. The van der Waals surface area contributed by atoms with Gasteiger partial charge in [-0.1, -0.05) is 24.3 Å². The molecule has 0 fully saturated rings. The number of esters is 1. The molecule has 0 bridgehead atoms. The molecule has 0 radical (unpaired) electrons. The number of carbonyl (C=O) groups excluding carboxylic acids is 2. The van der Waals surface area contributed by atoms with E-state index in [-0.39, 0.29) is 11.9 Å². The van der Waals surface area contributed by atoms with Crippen LogP contribution in [-0.2, 0) is 16.1 Å². The Morgan fingerprint density at radius 1 is 1.45 bits per heavy atom. The van der Waals surface area contributed by atoms with Gasteiger partial charge in [0.05, 0.1) is 22.9 Å². The SMILES string of the molecule is C=CCn1c(=NC(=O)CCC)sc2cc(C(=O)OC)ccc21. The molecule has 0 atom stereocenters. The summed E-state index contributed by atoms with van der Waals surface area (Å²) in [4.78, 5) is 28.2. The van der Waals surface area contributed by atoms with Gasteiger partial charge in [0.25, 0.3) is 0 Å². The summed E-state index contributed by atoms with van der Waals surface area (Å²) in [5.41, 5.74) is 1.40. The lowest BCUT2D eigenvalue weighted by molar-refractivity contribution is -0.118. The van der Waals surface area contributed by atoms with E-state index in [0.717, 1.165) is 16.6 Å². The first kappa shape index (κ1) is 16.2. The number of fused-ring (bicyclic) bond motifs is 1. The number of allylic oxidation sites excluding steroid dienone is 1. The Morgan fingerprint density at radius 3 is 2.86 bits per heavy atom. The Balaban J connectivity index is 2.60. The molecule has 0 saturated carbocycles. The Morgan fingerprint density at radius 2 is 2.23 bits per heavy atom. The molecule has 0 saturated heterocycles. The summed E-state index contributed by atoms with van der Waals surface area (Å²) >= 11 is 1.38. The second-order valence-corrected chi connectivity index (χ2v) is 5.72. The second-order valence-electron chi connectivity index (χ2n) is 4.71. The fraction of sp³-hybridized carbons (Fsp3) is 0.312. The van der Waals surface area contributed by atoms with Crippen molar-refractivity contribution in [1.29, 1.82) is 0 Å². The lowest BCUT2D eigenvalue weighted by Gasteiger charge is -2.02. The van der Waals surface area contributed by atoms with Gasteiger partial charge in [-0.25, -0.2) is 4.79 Å². The topological polar surface area (TPSA) is 60.7 Å². The van der Waals surface area contributed by atoms with Crippen LogP contribution < -0.4 is 4.80 Å². The predicted molar refractivity (Wildman–Crippen MR) is 86.8 cm³/mol. The van der Waals surface area contributed by atoms with Gasteiger partial charge in [0.15, 0.2) is 4.80 Å². The molecule has 0 N–H and O–H groups in total. The van der Waals surface area contributed by atoms with Crippen molar-refractivity contribution < 1.29 is 14.3 Å². The number of carbonyl (C=O) groups is 2. The number of thiazole rings is 1. The quantitative estimate of drug-likeness (QED) is 0.629. The molecular weight excluding hydrogens is 300 g/mol. The molecular formula is C16H18N2O3S. The molecule has 0 unspecified atom stereocenters. The van der Waals surface area contributed by atoms with Crippen LogP contribution in [-0.4, -0.2) is 23.6 Å². The van der Waals surface area contributed by atoms with Crippen molar-refractivity contribution in [2.24, 2.45) is 4.99 Å². The van der Waals surface area contributed by atoms with E-state index < -0.39 is 0 Å². The highest BCUT2D eigenvalue weighted by Gasteiger charge is 2.11. The van der Waals surface area contributed by atoms with Crippen molar-refractivity contribution >= 4 is 33.4 Å². The Labute approximate surface area is 132 Å². The summed E-state index contributed by atoms with van der Waals surface area (Å²) in [6.07, 6.45) is 2.95. The fourth-order valence-electron chi connectivity index (χ4n) is 2.09. The molecule has 5 nitrogen and oxygen atoms in total. The summed E-state index contributed by atoms with van der Waals surface area (Å²) in [5.74, 6) is -0.522. The normalized spacial score (nSPS) is 11.6. The van der Waals surface area contributed by atoms with Crippen LogP contribution in [0.3, 0.4) is 0 Å². The van der Waals surface area contributed by atoms with E-state index in [2.05, 4.69) is 11.6 Å². The maximum Gasteiger partial charge on any atom is 0.337 e. The van der Waals surface area contributed by atoms with Crippen molar-refractivity contribution in [3.05, 3.63) is 41.2 Å². The molecule has 2 aromatic rings. The van der Waals surface area contributed by atoms with E-state index in [1.54, 1.807) is 18.2 Å². The number of benzene rings is 1. The van der Waals surface area contributed by atoms with Gasteiger partial charge in [0.1, 0.15) is 0 Å². The number of ether oxygens (including phenoxy) is 1. The van der Waals surface area contributed by atoms with Gasteiger partial charge in [-0.15, -0.1) is 6.58 Å². The molecule has 1 aromatic carbocycles. The number of rotatable bonds is 5. The molecule has 2 rings (SSSR count). The molecule has 1 amide bonds. The average Bonchev–Trinajstić information content (AvgIpc) is 2.84. The van der Waals surface area contributed by atoms with Gasteiger partial charge in [-0.3, -0.25) is 4.79 Å². The van der Waals surface area contributed by atoms with Crippen LogP contribution >= 0.6 is 11.3 Å².